The molecule has 0 aliphatic heterocycles. The number of hydrogen-bond acceptors (Lipinski definition) is 3. The Bertz CT molecular complexity index is 640. The number of allylic oxidation sites excluding steroid dienone is 1. The quantitative estimate of drug-likeness (QED) is 0.775. The Hall–Kier alpha value is -1.32. The molecule has 4 aliphatic rings. The van der Waals surface area contributed by atoms with Crippen molar-refractivity contribution in [3.05, 3.63) is 11.3 Å². The van der Waals surface area contributed by atoms with Gasteiger partial charge >= 0.3 is 0 Å². The number of ketones is 1. The molecule has 132 valence electrons. The summed E-state index contributed by atoms with van der Waals surface area (Å²) in [4.78, 5) is 24.0. The number of amides is 1. The molecule has 0 radical (unpaired) electrons. The van der Waals surface area contributed by atoms with E-state index in [1.165, 1.54) is 5.57 Å². The molecule has 4 nitrogen and oxygen atoms in total. The molecule has 0 aromatic rings. The molecule has 6 atom stereocenters. The summed E-state index contributed by atoms with van der Waals surface area (Å²) in [6.45, 7) is 4.66. The lowest BCUT2D eigenvalue weighted by molar-refractivity contribution is -0.129. The lowest BCUT2D eigenvalue weighted by Crippen LogP contribution is -2.52. The van der Waals surface area contributed by atoms with Crippen molar-refractivity contribution < 1.29 is 9.59 Å². The van der Waals surface area contributed by atoms with E-state index in [2.05, 4.69) is 13.8 Å². The highest BCUT2D eigenvalue weighted by molar-refractivity contribution is 5.96. The number of Topliss-reactive ketones (excluding diaryl/α,β-unsaturated/α-hetero) is 1. The molecular weight excluding hydrogens is 300 g/mol. The second-order valence-corrected chi connectivity index (χ2v) is 9.23. The molecule has 0 saturated heterocycles. The third kappa shape index (κ3) is 1.91. The molecular formula is C20H30N2O2. The van der Waals surface area contributed by atoms with Gasteiger partial charge in [0.25, 0.3) is 0 Å². The topological polar surface area (TPSA) is 86.2 Å². The second-order valence-electron chi connectivity index (χ2n) is 9.23. The Morgan fingerprint density at radius 2 is 1.79 bits per heavy atom. The van der Waals surface area contributed by atoms with E-state index in [9.17, 15) is 9.59 Å². The van der Waals surface area contributed by atoms with Crippen LogP contribution in [0.15, 0.2) is 11.3 Å². The highest BCUT2D eigenvalue weighted by Crippen LogP contribution is 2.66. The second kappa shape index (κ2) is 5.09. The van der Waals surface area contributed by atoms with E-state index < -0.39 is 0 Å². The summed E-state index contributed by atoms with van der Waals surface area (Å²) in [7, 11) is 0. The first kappa shape index (κ1) is 16.2. The standard InChI is InChI=1S/C20H30N2O2/c1-19-10-8-16(23)17(21)14(19)4-3-11-12-5-6-15(18(22)24)20(12,2)9-7-13(11)19/h11-13,15H,3-10,21H2,1-2H3,(H2,22,24)/t11-,12-,13-,15+,19+,20-/m0/s1. The Kier molecular flexibility index (Phi) is 3.43. The number of rotatable bonds is 1. The van der Waals surface area contributed by atoms with Crippen LogP contribution in [0, 0.1) is 34.5 Å². The molecule has 0 unspecified atom stereocenters. The molecule has 1 amide bonds. The first-order valence-electron chi connectivity index (χ1n) is 9.60. The van der Waals surface area contributed by atoms with Gasteiger partial charge in [0.1, 0.15) is 0 Å². The Morgan fingerprint density at radius 1 is 1.04 bits per heavy atom. The van der Waals surface area contributed by atoms with Crippen molar-refractivity contribution in [1.29, 1.82) is 0 Å². The van der Waals surface area contributed by atoms with Crippen LogP contribution in [0.5, 0.6) is 0 Å². The largest absolute Gasteiger partial charge is 0.396 e. The van der Waals surface area contributed by atoms with Crippen molar-refractivity contribution in [2.24, 2.45) is 46.0 Å². The highest BCUT2D eigenvalue weighted by Gasteiger charge is 2.60. The van der Waals surface area contributed by atoms with E-state index in [1.54, 1.807) is 0 Å². The van der Waals surface area contributed by atoms with Gasteiger partial charge in [-0.25, -0.2) is 0 Å². The molecule has 3 fully saturated rings. The van der Waals surface area contributed by atoms with Gasteiger partial charge < -0.3 is 11.5 Å². The minimum atomic E-state index is -0.103. The molecule has 4 heteroatoms. The van der Waals surface area contributed by atoms with Crippen LogP contribution in [0.1, 0.15) is 65.2 Å². The summed E-state index contributed by atoms with van der Waals surface area (Å²) in [6, 6.07) is 0. The van der Waals surface area contributed by atoms with Gasteiger partial charge in [0.2, 0.25) is 5.91 Å². The summed E-state index contributed by atoms with van der Waals surface area (Å²) in [5.74, 6) is 1.96. The number of hydrogen-bond donors (Lipinski definition) is 2. The van der Waals surface area contributed by atoms with Crippen LogP contribution in [-0.4, -0.2) is 11.7 Å². The van der Waals surface area contributed by atoms with Crippen molar-refractivity contribution in [2.75, 3.05) is 0 Å². The van der Waals surface area contributed by atoms with E-state index in [-0.39, 0.29) is 28.4 Å². The fraction of sp³-hybridized carbons (Fsp3) is 0.800. The third-order valence-electron chi connectivity index (χ3n) is 8.51. The maximum Gasteiger partial charge on any atom is 0.221 e. The summed E-state index contributed by atoms with van der Waals surface area (Å²) < 4.78 is 0. The fourth-order valence-corrected chi connectivity index (χ4v) is 7.22. The SMILES string of the molecule is C[C@]12CC[C@H]3[C@@H](CCC4=C(N)C(=O)CC[C@@]43C)[C@@H]1CC[C@@H]2C(N)=O. The van der Waals surface area contributed by atoms with Gasteiger partial charge in [0.15, 0.2) is 5.78 Å². The van der Waals surface area contributed by atoms with Crippen LogP contribution < -0.4 is 11.5 Å². The zero-order valence-corrected chi connectivity index (χ0v) is 14.9. The number of primary amides is 1. The van der Waals surface area contributed by atoms with Gasteiger partial charge in [-0.05, 0) is 79.1 Å². The number of fused-ring (bicyclic) bond motifs is 5. The molecule has 4 aliphatic carbocycles. The average molecular weight is 330 g/mol. The molecule has 0 aromatic heterocycles. The van der Waals surface area contributed by atoms with Gasteiger partial charge in [-0.3, -0.25) is 9.59 Å². The highest BCUT2D eigenvalue weighted by atomic mass is 16.1. The molecule has 4 N–H and O–H groups in total. The third-order valence-corrected chi connectivity index (χ3v) is 8.51. The molecule has 3 saturated carbocycles. The lowest BCUT2D eigenvalue weighted by atomic mass is 9.46. The normalized spacial score (nSPS) is 47.8. The molecule has 0 spiro atoms. The summed E-state index contributed by atoms with van der Waals surface area (Å²) in [6.07, 6.45) is 7.95. The van der Waals surface area contributed by atoms with E-state index in [0.717, 1.165) is 44.9 Å². The Labute approximate surface area is 144 Å². The predicted molar refractivity (Wildman–Crippen MR) is 92.5 cm³/mol. The van der Waals surface area contributed by atoms with Crippen molar-refractivity contribution in [1.82, 2.24) is 0 Å². The molecule has 0 aromatic carbocycles. The lowest BCUT2D eigenvalue weighted by Gasteiger charge is -2.58. The van der Waals surface area contributed by atoms with Crippen molar-refractivity contribution in [3.63, 3.8) is 0 Å². The van der Waals surface area contributed by atoms with Gasteiger partial charge in [-0.1, -0.05) is 13.8 Å². The minimum absolute atomic E-state index is 0.0474. The van der Waals surface area contributed by atoms with Crippen molar-refractivity contribution in [3.8, 4) is 0 Å². The Morgan fingerprint density at radius 3 is 2.50 bits per heavy atom. The zero-order valence-electron chi connectivity index (χ0n) is 14.9. The smallest absolute Gasteiger partial charge is 0.221 e. The van der Waals surface area contributed by atoms with Crippen LogP contribution in [-0.2, 0) is 9.59 Å². The number of carbonyl (C=O) groups excluding carboxylic acids is 2. The van der Waals surface area contributed by atoms with Crippen molar-refractivity contribution >= 4 is 11.7 Å². The van der Waals surface area contributed by atoms with E-state index in [4.69, 9.17) is 11.5 Å². The van der Waals surface area contributed by atoms with Crippen molar-refractivity contribution in [2.45, 2.75) is 65.2 Å². The van der Waals surface area contributed by atoms with Crippen LogP contribution in [0.2, 0.25) is 0 Å². The minimum Gasteiger partial charge on any atom is -0.396 e. The van der Waals surface area contributed by atoms with E-state index >= 15 is 0 Å². The summed E-state index contributed by atoms with van der Waals surface area (Å²) >= 11 is 0. The summed E-state index contributed by atoms with van der Waals surface area (Å²) in [5, 5.41) is 0. The number of nitrogens with two attached hydrogens (primary N) is 2. The maximum absolute atomic E-state index is 12.1. The fourth-order valence-electron chi connectivity index (χ4n) is 7.22. The summed E-state index contributed by atoms with van der Waals surface area (Å²) in [5.41, 5.74) is 13.9. The molecule has 0 heterocycles. The van der Waals surface area contributed by atoms with Gasteiger partial charge in [0, 0.05) is 12.3 Å². The first-order chi connectivity index (χ1) is 11.3. The van der Waals surface area contributed by atoms with E-state index in [0.29, 0.717) is 29.9 Å². The van der Waals surface area contributed by atoms with Gasteiger partial charge in [-0.2, -0.15) is 0 Å². The first-order valence-corrected chi connectivity index (χ1v) is 9.60. The monoisotopic (exact) mass is 330 g/mol. The molecule has 4 rings (SSSR count). The van der Waals surface area contributed by atoms with Crippen LogP contribution in [0.4, 0.5) is 0 Å². The predicted octanol–water partition coefficient (Wildman–Crippen LogP) is 2.91. The van der Waals surface area contributed by atoms with Crippen LogP contribution in [0.25, 0.3) is 0 Å². The van der Waals surface area contributed by atoms with Gasteiger partial charge in [0.05, 0.1) is 5.70 Å². The van der Waals surface area contributed by atoms with Crippen LogP contribution >= 0.6 is 0 Å². The molecule has 24 heavy (non-hydrogen) atoms. The number of carbonyl (C=O) groups is 2. The van der Waals surface area contributed by atoms with Crippen LogP contribution in [0.3, 0.4) is 0 Å². The van der Waals surface area contributed by atoms with Gasteiger partial charge in [-0.15, -0.1) is 0 Å². The average Bonchev–Trinajstić information content (AvgIpc) is 2.89. The molecule has 0 bridgehead atoms. The van der Waals surface area contributed by atoms with E-state index in [1.807, 2.05) is 0 Å². The zero-order chi connectivity index (χ0) is 17.3. The Balaban J connectivity index is 1.69. The maximum atomic E-state index is 12.1.